The van der Waals surface area contributed by atoms with Crippen molar-refractivity contribution in [1.29, 1.82) is 0 Å². The van der Waals surface area contributed by atoms with Crippen LogP contribution in [-0.4, -0.2) is 22.0 Å². The van der Waals surface area contributed by atoms with Crippen LogP contribution in [0.1, 0.15) is 42.8 Å². The molecule has 0 aromatic carbocycles. The number of aromatic nitrogens is 1. The second-order valence-electron chi connectivity index (χ2n) is 4.92. The Balaban J connectivity index is 1.68. The molecule has 1 aliphatic rings. The lowest BCUT2D eigenvalue weighted by Crippen LogP contribution is -2.27. The Labute approximate surface area is 112 Å². The van der Waals surface area contributed by atoms with Crippen LogP contribution >= 0.6 is 23.1 Å². The molecule has 0 saturated heterocycles. The third-order valence-corrected chi connectivity index (χ3v) is 5.62. The van der Waals surface area contributed by atoms with E-state index in [1.807, 2.05) is 0 Å². The lowest BCUT2D eigenvalue weighted by molar-refractivity contribution is 0.515. The van der Waals surface area contributed by atoms with Gasteiger partial charge in [-0.2, -0.15) is 11.8 Å². The van der Waals surface area contributed by atoms with Crippen molar-refractivity contribution in [3.05, 3.63) is 16.1 Å². The molecule has 1 aromatic heterocycles. The first-order valence-electron chi connectivity index (χ1n) is 6.52. The maximum atomic E-state index is 6.18. The van der Waals surface area contributed by atoms with Crippen LogP contribution in [0.2, 0.25) is 0 Å². The Morgan fingerprint density at radius 3 is 2.88 bits per heavy atom. The molecule has 1 atom stereocenters. The highest BCUT2D eigenvalue weighted by Crippen LogP contribution is 2.28. The summed E-state index contributed by atoms with van der Waals surface area (Å²) in [4.78, 5) is 4.47. The molecule has 2 N–H and O–H groups in total. The molecule has 2 rings (SSSR count). The molecule has 4 heteroatoms. The monoisotopic (exact) mass is 270 g/mol. The SMILES string of the molecule is Cc1nc(CC(N)CSC2CCCCC2)cs1. The highest BCUT2D eigenvalue weighted by Gasteiger charge is 2.15. The largest absolute Gasteiger partial charge is 0.327 e. The summed E-state index contributed by atoms with van der Waals surface area (Å²) in [7, 11) is 0. The van der Waals surface area contributed by atoms with Crippen molar-refractivity contribution < 1.29 is 0 Å². The van der Waals surface area contributed by atoms with E-state index >= 15 is 0 Å². The second kappa shape index (κ2) is 6.76. The lowest BCUT2D eigenvalue weighted by atomic mass is 10.0. The molecule has 1 saturated carbocycles. The Kier molecular flexibility index (Phi) is 5.32. The summed E-state index contributed by atoms with van der Waals surface area (Å²) in [6, 6.07) is 0.267. The van der Waals surface area contributed by atoms with E-state index in [9.17, 15) is 0 Å². The molecule has 1 aromatic rings. The topological polar surface area (TPSA) is 38.9 Å². The van der Waals surface area contributed by atoms with Crippen molar-refractivity contribution in [2.75, 3.05) is 5.75 Å². The number of rotatable bonds is 5. The minimum Gasteiger partial charge on any atom is -0.327 e. The fourth-order valence-electron chi connectivity index (χ4n) is 2.32. The third kappa shape index (κ3) is 4.60. The van der Waals surface area contributed by atoms with Crippen LogP contribution < -0.4 is 5.73 Å². The molecule has 0 bridgehead atoms. The fraction of sp³-hybridized carbons (Fsp3) is 0.769. The zero-order chi connectivity index (χ0) is 12.1. The van der Waals surface area contributed by atoms with Gasteiger partial charge >= 0.3 is 0 Å². The van der Waals surface area contributed by atoms with Crippen molar-refractivity contribution in [2.45, 2.75) is 56.7 Å². The molecule has 1 aliphatic carbocycles. The van der Waals surface area contributed by atoms with E-state index < -0.39 is 0 Å². The maximum Gasteiger partial charge on any atom is 0.0897 e. The molecule has 0 amide bonds. The van der Waals surface area contributed by atoms with Crippen molar-refractivity contribution in [1.82, 2.24) is 4.98 Å². The number of nitrogens with zero attached hydrogens (tertiary/aromatic N) is 1. The van der Waals surface area contributed by atoms with Crippen LogP contribution in [0.3, 0.4) is 0 Å². The zero-order valence-corrected chi connectivity index (χ0v) is 12.2. The van der Waals surface area contributed by atoms with Gasteiger partial charge in [0.15, 0.2) is 0 Å². The molecular weight excluding hydrogens is 248 g/mol. The van der Waals surface area contributed by atoms with Crippen LogP contribution in [0.25, 0.3) is 0 Å². The number of thiazole rings is 1. The van der Waals surface area contributed by atoms with Gasteiger partial charge in [-0.05, 0) is 19.8 Å². The van der Waals surface area contributed by atoms with Crippen LogP contribution in [0.15, 0.2) is 5.38 Å². The summed E-state index contributed by atoms with van der Waals surface area (Å²) in [5.74, 6) is 1.08. The molecule has 0 radical (unpaired) electrons. The summed E-state index contributed by atoms with van der Waals surface area (Å²) < 4.78 is 0. The fourth-order valence-corrected chi connectivity index (χ4v) is 4.25. The minimum atomic E-state index is 0.267. The number of hydrogen-bond donors (Lipinski definition) is 1. The van der Waals surface area contributed by atoms with Crippen LogP contribution in [0, 0.1) is 6.92 Å². The zero-order valence-electron chi connectivity index (χ0n) is 10.5. The standard InChI is InChI=1S/C13H22N2S2/c1-10-15-12(9-16-10)7-11(14)8-17-13-5-3-2-4-6-13/h9,11,13H,2-8,14H2,1H3. The predicted molar refractivity (Wildman–Crippen MR) is 77.9 cm³/mol. The molecule has 0 aliphatic heterocycles. The normalized spacial score (nSPS) is 19.4. The number of hydrogen-bond acceptors (Lipinski definition) is 4. The van der Waals surface area contributed by atoms with Crippen LogP contribution in [0.5, 0.6) is 0 Å². The molecular formula is C13H22N2S2. The Morgan fingerprint density at radius 1 is 1.47 bits per heavy atom. The lowest BCUT2D eigenvalue weighted by Gasteiger charge is -2.22. The molecule has 1 heterocycles. The molecule has 1 fully saturated rings. The summed E-state index contributed by atoms with van der Waals surface area (Å²) in [6.45, 7) is 2.05. The molecule has 96 valence electrons. The first-order chi connectivity index (χ1) is 8.24. The smallest absolute Gasteiger partial charge is 0.0897 e. The van der Waals surface area contributed by atoms with Gasteiger partial charge in [-0.15, -0.1) is 11.3 Å². The Bertz CT molecular complexity index is 332. The van der Waals surface area contributed by atoms with Gasteiger partial charge in [0.25, 0.3) is 0 Å². The van der Waals surface area contributed by atoms with Crippen LogP contribution in [0.4, 0.5) is 0 Å². The summed E-state index contributed by atoms with van der Waals surface area (Å²) in [6.07, 6.45) is 7.99. The van der Waals surface area contributed by atoms with Crippen LogP contribution in [-0.2, 0) is 6.42 Å². The van der Waals surface area contributed by atoms with Gasteiger partial charge in [0.2, 0.25) is 0 Å². The summed E-state index contributed by atoms with van der Waals surface area (Å²) >= 11 is 3.80. The van der Waals surface area contributed by atoms with E-state index in [0.29, 0.717) is 0 Å². The highest BCUT2D eigenvalue weighted by atomic mass is 32.2. The molecule has 0 spiro atoms. The van der Waals surface area contributed by atoms with E-state index in [2.05, 4.69) is 29.0 Å². The quantitative estimate of drug-likeness (QED) is 0.891. The van der Waals surface area contributed by atoms with Crippen molar-refractivity contribution in [3.63, 3.8) is 0 Å². The van der Waals surface area contributed by atoms with E-state index in [1.165, 1.54) is 37.8 Å². The predicted octanol–water partition coefficient (Wildman–Crippen LogP) is 3.39. The molecule has 1 unspecified atom stereocenters. The van der Waals surface area contributed by atoms with E-state index in [4.69, 9.17) is 5.73 Å². The maximum absolute atomic E-state index is 6.18. The second-order valence-corrected chi connectivity index (χ2v) is 7.31. The van der Waals surface area contributed by atoms with Gasteiger partial charge in [-0.25, -0.2) is 4.98 Å². The van der Waals surface area contributed by atoms with Gasteiger partial charge in [0, 0.05) is 28.8 Å². The first kappa shape index (κ1) is 13.4. The Morgan fingerprint density at radius 2 is 2.24 bits per heavy atom. The van der Waals surface area contributed by atoms with E-state index in [-0.39, 0.29) is 6.04 Å². The molecule has 17 heavy (non-hydrogen) atoms. The summed E-state index contributed by atoms with van der Waals surface area (Å²) in [5.41, 5.74) is 7.35. The van der Waals surface area contributed by atoms with Gasteiger partial charge in [-0.3, -0.25) is 0 Å². The minimum absolute atomic E-state index is 0.267. The van der Waals surface area contributed by atoms with Gasteiger partial charge in [0.1, 0.15) is 0 Å². The number of aryl methyl sites for hydroxylation is 1. The van der Waals surface area contributed by atoms with Crippen molar-refractivity contribution in [2.24, 2.45) is 5.73 Å². The average Bonchev–Trinajstić information content (AvgIpc) is 2.73. The number of nitrogens with two attached hydrogens (primary N) is 1. The number of thioether (sulfide) groups is 1. The van der Waals surface area contributed by atoms with Gasteiger partial charge < -0.3 is 5.73 Å². The molecule has 2 nitrogen and oxygen atoms in total. The van der Waals surface area contributed by atoms with E-state index in [1.54, 1.807) is 11.3 Å². The highest BCUT2D eigenvalue weighted by molar-refractivity contribution is 7.99. The average molecular weight is 270 g/mol. The third-order valence-electron chi connectivity index (χ3n) is 3.24. The first-order valence-corrected chi connectivity index (χ1v) is 8.45. The summed E-state index contributed by atoms with van der Waals surface area (Å²) in [5, 5.41) is 4.15. The van der Waals surface area contributed by atoms with E-state index in [0.717, 1.165) is 22.4 Å². The van der Waals surface area contributed by atoms with Crippen molar-refractivity contribution in [3.8, 4) is 0 Å². The van der Waals surface area contributed by atoms with Crippen molar-refractivity contribution >= 4 is 23.1 Å². The Hall–Kier alpha value is -0.0600. The van der Waals surface area contributed by atoms with Gasteiger partial charge in [-0.1, -0.05) is 19.3 Å². The van der Waals surface area contributed by atoms with Gasteiger partial charge in [0.05, 0.1) is 10.7 Å².